The van der Waals surface area contributed by atoms with Gasteiger partial charge in [-0.05, 0) is 25.1 Å². The van der Waals surface area contributed by atoms with Gasteiger partial charge in [0.15, 0.2) is 0 Å². The molecule has 0 saturated carbocycles. The molecule has 1 atom stereocenters. The van der Waals surface area contributed by atoms with Crippen molar-refractivity contribution in [3.05, 3.63) is 28.8 Å². The number of hydrogen-bond acceptors (Lipinski definition) is 4. The van der Waals surface area contributed by atoms with Gasteiger partial charge < -0.3 is 5.32 Å². The number of thioether (sulfide) groups is 2. The Morgan fingerprint density at radius 2 is 2.23 bits per heavy atom. The van der Waals surface area contributed by atoms with E-state index < -0.39 is 22.0 Å². The molecule has 0 unspecified atom stereocenters. The molecule has 0 saturated heterocycles. The van der Waals surface area contributed by atoms with Crippen molar-refractivity contribution in [1.29, 1.82) is 0 Å². The van der Waals surface area contributed by atoms with Gasteiger partial charge in [-0.1, -0.05) is 35.1 Å². The van der Waals surface area contributed by atoms with E-state index in [1.165, 1.54) is 17.8 Å². The molecule has 3 nitrogen and oxygen atoms in total. The number of alkyl halides is 3. The van der Waals surface area contributed by atoms with E-state index in [0.717, 1.165) is 28.8 Å². The molecular weight excluding hydrogens is 357 g/mol. The largest absolute Gasteiger partial charge is 0.417 e. The Hall–Kier alpha value is -0.860. The molecule has 9 heteroatoms. The highest BCUT2D eigenvalue weighted by Crippen LogP contribution is 2.36. The molecule has 1 N–H and O–H groups in total. The van der Waals surface area contributed by atoms with Gasteiger partial charge in [-0.2, -0.15) is 13.2 Å². The van der Waals surface area contributed by atoms with Gasteiger partial charge in [0.25, 0.3) is 0 Å². The first-order valence-electron chi connectivity index (χ1n) is 6.29. The number of anilines is 1. The highest BCUT2D eigenvalue weighted by molar-refractivity contribution is 8.39. The minimum atomic E-state index is -4.56. The average Bonchev–Trinajstić information content (AvgIpc) is 2.92. The molecule has 0 aromatic heterocycles. The van der Waals surface area contributed by atoms with Crippen LogP contribution in [0.4, 0.5) is 18.9 Å². The van der Waals surface area contributed by atoms with Crippen LogP contribution in [0.15, 0.2) is 23.2 Å². The standard InChI is InChI=1S/C13H12ClF3N2OS2/c1-7(22-12-18-4-5-21-12)11(20)19-8-2-3-10(14)9(6-8)13(15,16)17/h2-3,6-7H,4-5H2,1H3,(H,19,20)/t7-/m0/s1. The van der Waals surface area contributed by atoms with Crippen molar-refractivity contribution < 1.29 is 18.0 Å². The molecule has 0 fully saturated rings. The van der Waals surface area contributed by atoms with Crippen LogP contribution >= 0.6 is 35.1 Å². The summed E-state index contributed by atoms with van der Waals surface area (Å²) in [6.45, 7) is 2.41. The number of rotatable bonds is 3. The molecule has 2 rings (SSSR count). The van der Waals surface area contributed by atoms with Crippen LogP contribution in [-0.2, 0) is 11.0 Å². The van der Waals surface area contributed by atoms with Crippen LogP contribution in [0, 0.1) is 0 Å². The van der Waals surface area contributed by atoms with Crippen LogP contribution in [0.1, 0.15) is 12.5 Å². The quantitative estimate of drug-likeness (QED) is 0.852. The van der Waals surface area contributed by atoms with Gasteiger partial charge in [0, 0.05) is 11.4 Å². The number of benzene rings is 1. The molecule has 1 aromatic rings. The summed E-state index contributed by atoms with van der Waals surface area (Å²) in [5.41, 5.74) is -0.904. The van der Waals surface area contributed by atoms with E-state index in [1.54, 1.807) is 18.7 Å². The minimum Gasteiger partial charge on any atom is -0.325 e. The van der Waals surface area contributed by atoms with Gasteiger partial charge in [-0.25, -0.2) is 0 Å². The molecule has 1 amide bonds. The summed E-state index contributed by atoms with van der Waals surface area (Å²) in [5, 5.41) is 1.62. The van der Waals surface area contributed by atoms with E-state index in [2.05, 4.69) is 10.3 Å². The average molecular weight is 369 g/mol. The van der Waals surface area contributed by atoms with Crippen molar-refractivity contribution in [3.63, 3.8) is 0 Å². The topological polar surface area (TPSA) is 41.5 Å². The van der Waals surface area contributed by atoms with E-state index in [4.69, 9.17) is 11.6 Å². The zero-order valence-corrected chi connectivity index (χ0v) is 13.8. The highest BCUT2D eigenvalue weighted by Gasteiger charge is 2.33. The Morgan fingerprint density at radius 3 is 2.82 bits per heavy atom. The lowest BCUT2D eigenvalue weighted by molar-refractivity contribution is -0.137. The molecule has 0 spiro atoms. The molecule has 22 heavy (non-hydrogen) atoms. The van der Waals surface area contributed by atoms with E-state index in [9.17, 15) is 18.0 Å². The zero-order chi connectivity index (χ0) is 16.3. The first-order chi connectivity index (χ1) is 10.3. The summed E-state index contributed by atoms with van der Waals surface area (Å²) in [4.78, 5) is 16.3. The normalized spacial score (nSPS) is 16.3. The molecule has 1 aromatic carbocycles. The Labute approximate surface area is 139 Å². The van der Waals surface area contributed by atoms with Gasteiger partial charge in [-0.15, -0.1) is 0 Å². The van der Waals surface area contributed by atoms with Gasteiger partial charge in [-0.3, -0.25) is 9.79 Å². The molecular formula is C13H12ClF3N2OS2. The first-order valence-corrected chi connectivity index (χ1v) is 8.53. The Kier molecular flexibility index (Phi) is 5.68. The van der Waals surface area contributed by atoms with Crippen LogP contribution in [0.5, 0.6) is 0 Å². The van der Waals surface area contributed by atoms with E-state index in [0.29, 0.717) is 0 Å². The summed E-state index contributed by atoms with van der Waals surface area (Å²) >= 11 is 8.41. The summed E-state index contributed by atoms with van der Waals surface area (Å²) in [5.74, 6) is 0.513. The maximum absolute atomic E-state index is 12.8. The zero-order valence-electron chi connectivity index (χ0n) is 11.4. The number of nitrogens with zero attached hydrogens (tertiary/aromatic N) is 1. The number of halogens is 4. The second-order valence-corrected chi connectivity index (χ2v) is 7.52. The Balaban J connectivity index is 2.05. The number of amides is 1. The van der Waals surface area contributed by atoms with Crippen molar-refractivity contribution in [1.82, 2.24) is 0 Å². The van der Waals surface area contributed by atoms with Crippen molar-refractivity contribution in [2.45, 2.75) is 18.3 Å². The predicted octanol–water partition coefficient (Wildman–Crippen LogP) is 4.52. The van der Waals surface area contributed by atoms with E-state index >= 15 is 0 Å². The smallest absolute Gasteiger partial charge is 0.325 e. The molecule has 0 radical (unpaired) electrons. The van der Waals surface area contributed by atoms with Crippen LogP contribution in [-0.4, -0.2) is 27.8 Å². The van der Waals surface area contributed by atoms with Gasteiger partial charge in [0.1, 0.15) is 4.38 Å². The fraction of sp³-hybridized carbons (Fsp3) is 0.385. The predicted molar refractivity (Wildman–Crippen MR) is 86.9 cm³/mol. The van der Waals surface area contributed by atoms with Gasteiger partial charge in [0.05, 0.1) is 22.4 Å². The third-order valence-corrected chi connectivity index (χ3v) is 5.38. The van der Waals surface area contributed by atoms with Crippen molar-refractivity contribution in [2.75, 3.05) is 17.6 Å². The summed E-state index contributed by atoms with van der Waals surface area (Å²) in [7, 11) is 0. The minimum absolute atomic E-state index is 0.0650. The van der Waals surface area contributed by atoms with E-state index in [-0.39, 0.29) is 11.6 Å². The third-order valence-electron chi connectivity index (χ3n) is 2.74. The Morgan fingerprint density at radius 1 is 1.50 bits per heavy atom. The van der Waals surface area contributed by atoms with Gasteiger partial charge >= 0.3 is 6.18 Å². The monoisotopic (exact) mass is 368 g/mol. The first kappa shape index (κ1) is 17.5. The summed E-state index contributed by atoms with van der Waals surface area (Å²) in [6.07, 6.45) is -4.56. The van der Waals surface area contributed by atoms with Gasteiger partial charge in [0.2, 0.25) is 5.91 Å². The van der Waals surface area contributed by atoms with Crippen LogP contribution in [0.3, 0.4) is 0 Å². The number of nitrogens with one attached hydrogen (secondary N) is 1. The SMILES string of the molecule is C[C@H](SC1=NCCS1)C(=O)Nc1ccc(Cl)c(C(F)(F)F)c1. The molecule has 0 aliphatic carbocycles. The van der Waals surface area contributed by atoms with Crippen LogP contribution in [0.25, 0.3) is 0 Å². The fourth-order valence-electron chi connectivity index (χ4n) is 1.66. The highest BCUT2D eigenvalue weighted by atomic mass is 35.5. The molecule has 1 aliphatic heterocycles. The maximum atomic E-state index is 12.8. The molecule has 120 valence electrons. The lowest BCUT2D eigenvalue weighted by atomic mass is 10.2. The Bertz CT molecular complexity index is 607. The molecule has 1 heterocycles. The number of hydrogen-bond donors (Lipinski definition) is 1. The number of carbonyl (C=O) groups excluding carboxylic acids is 1. The number of carbonyl (C=O) groups is 1. The van der Waals surface area contributed by atoms with Crippen molar-refractivity contribution in [2.24, 2.45) is 4.99 Å². The maximum Gasteiger partial charge on any atom is 0.417 e. The fourth-order valence-corrected chi connectivity index (χ4v) is 4.01. The van der Waals surface area contributed by atoms with Crippen LogP contribution in [0.2, 0.25) is 5.02 Å². The van der Waals surface area contributed by atoms with Crippen LogP contribution < -0.4 is 5.32 Å². The lowest BCUT2D eigenvalue weighted by Gasteiger charge is -2.14. The molecule has 0 bridgehead atoms. The van der Waals surface area contributed by atoms with E-state index in [1.807, 2.05) is 0 Å². The van der Waals surface area contributed by atoms with Crippen molar-refractivity contribution >= 4 is 51.1 Å². The summed E-state index contributed by atoms with van der Waals surface area (Å²) < 4.78 is 39.2. The summed E-state index contributed by atoms with van der Waals surface area (Å²) in [6, 6.07) is 3.29. The van der Waals surface area contributed by atoms with Crippen molar-refractivity contribution in [3.8, 4) is 0 Å². The second-order valence-electron chi connectivity index (χ2n) is 4.44. The third kappa shape index (κ3) is 4.57. The second kappa shape index (κ2) is 7.14. The molecule has 1 aliphatic rings. The lowest BCUT2D eigenvalue weighted by Crippen LogP contribution is -2.23. The number of aliphatic imine (C=N–C) groups is 1.